The summed E-state index contributed by atoms with van der Waals surface area (Å²) in [5, 5.41) is 13.6. The van der Waals surface area contributed by atoms with Crippen molar-refractivity contribution in [2.45, 2.75) is 12.5 Å². The number of thiazole rings is 1. The minimum atomic E-state index is -0.647. The summed E-state index contributed by atoms with van der Waals surface area (Å²) < 4.78 is 11.7. The third-order valence-electron chi connectivity index (χ3n) is 7.16. The number of Topliss-reactive ketones (excluding diaryl/α,β-unsaturated/α-hetero) is 1. The van der Waals surface area contributed by atoms with E-state index in [9.17, 15) is 4.79 Å². The fourth-order valence-corrected chi connectivity index (χ4v) is 6.23. The van der Waals surface area contributed by atoms with E-state index in [1.54, 1.807) is 23.7 Å². The Morgan fingerprint density at radius 1 is 0.927 bits per heavy atom. The van der Waals surface area contributed by atoms with Crippen molar-refractivity contribution in [3.05, 3.63) is 102 Å². The van der Waals surface area contributed by atoms with Gasteiger partial charge in [-0.3, -0.25) is 9.78 Å². The molecular weight excluding hydrogens is 536 g/mol. The number of pyridine rings is 1. The van der Waals surface area contributed by atoms with Crippen LogP contribution >= 0.6 is 11.3 Å². The SMILES string of the molecule is O=C1Cc2ccccc2C(c2ccccc2)=C[C@@H]1Nc1nnc(-c2nc(-c3cccnc3)sc2N2CCOCC2)o1. The lowest BCUT2D eigenvalue weighted by Gasteiger charge is -2.27. The third kappa shape index (κ3) is 5.15. The summed E-state index contributed by atoms with van der Waals surface area (Å²) in [6, 6.07) is 21.5. The van der Waals surface area contributed by atoms with Crippen LogP contribution in [0.2, 0.25) is 0 Å². The van der Waals surface area contributed by atoms with Gasteiger partial charge in [-0.15, -0.1) is 5.10 Å². The smallest absolute Gasteiger partial charge is 0.316 e. The molecule has 1 aliphatic carbocycles. The number of carbonyl (C=O) groups is 1. The molecule has 2 aliphatic rings. The molecule has 0 unspecified atom stereocenters. The Morgan fingerprint density at radius 3 is 2.56 bits per heavy atom. The number of morpholine rings is 1. The Hall–Kier alpha value is -4.67. The Balaban J connectivity index is 1.23. The summed E-state index contributed by atoms with van der Waals surface area (Å²) in [5.74, 6) is 0.307. The Labute approximate surface area is 240 Å². The number of ether oxygens (including phenoxy) is 1. The van der Waals surface area contributed by atoms with E-state index in [0.29, 0.717) is 25.3 Å². The fourth-order valence-electron chi connectivity index (χ4n) is 5.13. The standard InChI is InChI=1S/C31H26N6O3S/c38-26-17-21-9-4-5-11-23(21)24(20-7-2-1-3-8-20)18-25(26)33-31-36-35-28(40-31)27-30(37-13-15-39-16-14-37)41-29(34-27)22-10-6-12-32-19-22/h1-12,18-19,25H,13-17H2,(H,33,36)/t25-/m0/s1. The topological polar surface area (TPSA) is 106 Å². The monoisotopic (exact) mass is 562 g/mol. The average Bonchev–Trinajstić information content (AvgIpc) is 3.65. The fraction of sp³-hybridized carbons (Fsp3) is 0.194. The molecule has 2 aromatic carbocycles. The number of aromatic nitrogens is 4. The first-order valence-corrected chi connectivity index (χ1v) is 14.3. The van der Waals surface area contributed by atoms with Crippen molar-refractivity contribution in [1.29, 1.82) is 0 Å². The summed E-state index contributed by atoms with van der Waals surface area (Å²) in [6.45, 7) is 2.76. The van der Waals surface area contributed by atoms with Gasteiger partial charge in [0.05, 0.1) is 13.2 Å². The summed E-state index contributed by atoms with van der Waals surface area (Å²) >= 11 is 1.56. The van der Waals surface area contributed by atoms with Crippen molar-refractivity contribution < 1.29 is 13.9 Å². The van der Waals surface area contributed by atoms with Crippen LogP contribution in [0.25, 0.3) is 27.7 Å². The van der Waals surface area contributed by atoms with Crippen molar-refractivity contribution in [2.24, 2.45) is 0 Å². The predicted molar refractivity (Wildman–Crippen MR) is 158 cm³/mol. The zero-order valence-electron chi connectivity index (χ0n) is 22.1. The zero-order chi connectivity index (χ0) is 27.6. The van der Waals surface area contributed by atoms with Crippen molar-refractivity contribution in [3.63, 3.8) is 0 Å². The van der Waals surface area contributed by atoms with E-state index in [2.05, 4.69) is 43.6 Å². The van der Waals surface area contributed by atoms with Gasteiger partial charge in [0.15, 0.2) is 11.5 Å². The molecule has 204 valence electrons. The van der Waals surface area contributed by atoms with Crippen LogP contribution in [0.1, 0.15) is 16.7 Å². The second-order valence-corrected chi connectivity index (χ2v) is 10.8. The molecule has 1 fully saturated rings. The van der Waals surface area contributed by atoms with Crippen molar-refractivity contribution in [2.75, 3.05) is 36.5 Å². The first-order chi connectivity index (χ1) is 20.2. The minimum Gasteiger partial charge on any atom is -0.402 e. The molecule has 41 heavy (non-hydrogen) atoms. The largest absolute Gasteiger partial charge is 0.402 e. The molecule has 5 aromatic rings. The van der Waals surface area contributed by atoms with Gasteiger partial charge in [-0.2, -0.15) is 0 Å². The molecule has 0 spiro atoms. The molecular formula is C31H26N6O3S. The molecule has 0 bridgehead atoms. The average molecular weight is 563 g/mol. The van der Waals surface area contributed by atoms with E-state index in [4.69, 9.17) is 14.1 Å². The summed E-state index contributed by atoms with van der Waals surface area (Å²) in [7, 11) is 0. The number of fused-ring (bicyclic) bond motifs is 1. The van der Waals surface area contributed by atoms with E-state index in [1.165, 1.54) is 0 Å². The maximum absolute atomic E-state index is 13.4. The van der Waals surface area contributed by atoms with Crippen molar-refractivity contribution >= 4 is 33.7 Å². The maximum Gasteiger partial charge on any atom is 0.316 e. The minimum absolute atomic E-state index is 0.0182. The van der Waals surface area contributed by atoms with Gasteiger partial charge in [0.1, 0.15) is 16.1 Å². The van der Waals surface area contributed by atoms with Crippen LogP contribution in [-0.2, 0) is 16.0 Å². The predicted octanol–water partition coefficient (Wildman–Crippen LogP) is 5.13. The zero-order valence-corrected chi connectivity index (χ0v) is 22.9. The molecule has 1 aliphatic heterocycles. The van der Waals surface area contributed by atoms with Gasteiger partial charge in [0.2, 0.25) is 0 Å². The molecule has 1 N–H and O–H groups in total. The number of anilines is 2. The van der Waals surface area contributed by atoms with Crippen LogP contribution < -0.4 is 10.2 Å². The van der Waals surface area contributed by atoms with Gasteiger partial charge in [0.25, 0.3) is 5.89 Å². The van der Waals surface area contributed by atoms with Crippen molar-refractivity contribution in [1.82, 2.24) is 20.2 Å². The van der Waals surface area contributed by atoms with E-state index in [0.717, 1.165) is 50.9 Å². The van der Waals surface area contributed by atoms with E-state index in [1.807, 2.05) is 54.6 Å². The molecule has 10 heteroatoms. The van der Waals surface area contributed by atoms with Crippen LogP contribution in [0.15, 0.2) is 89.6 Å². The van der Waals surface area contributed by atoms with E-state index < -0.39 is 6.04 Å². The highest BCUT2D eigenvalue weighted by molar-refractivity contribution is 7.19. The number of rotatable bonds is 6. The highest BCUT2D eigenvalue weighted by Crippen LogP contribution is 2.40. The lowest BCUT2D eigenvalue weighted by atomic mass is 9.94. The summed E-state index contributed by atoms with van der Waals surface area (Å²) in [6.07, 6.45) is 5.78. The number of hydrogen-bond donors (Lipinski definition) is 1. The van der Waals surface area contributed by atoms with Crippen LogP contribution in [-0.4, -0.2) is 58.3 Å². The third-order valence-corrected chi connectivity index (χ3v) is 8.33. The normalized spacial score (nSPS) is 17.1. The molecule has 1 saturated heterocycles. The van der Waals surface area contributed by atoms with Crippen LogP contribution in [0, 0.1) is 0 Å². The van der Waals surface area contributed by atoms with Crippen molar-refractivity contribution in [3.8, 4) is 22.2 Å². The molecule has 0 amide bonds. The lowest BCUT2D eigenvalue weighted by Crippen LogP contribution is -2.35. The Morgan fingerprint density at radius 2 is 1.73 bits per heavy atom. The number of carbonyl (C=O) groups excluding carboxylic acids is 1. The molecule has 1 atom stereocenters. The number of nitrogens with one attached hydrogen (secondary N) is 1. The van der Waals surface area contributed by atoms with E-state index >= 15 is 0 Å². The first kappa shape index (κ1) is 25.3. The molecule has 9 nitrogen and oxygen atoms in total. The Bertz CT molecular complexity index is 1710. The number of hydrogen-bond acceptors (Lipinski definition) is 10. The molecule has 7 rings (SSSR count). The van der Waals surface area contributed by atoms with Gasteiger partial charge in [-0.05, 0) is 40.5 Å². The molecule has 0 saturated carbocycles. The highest BCUT2D eigenvalue weighted by atomic mass is 32.1. The van der Waals surface area contributed by atoms with Crippen LogP contribution in [0.5, 0.6) is 0 Å². The second-order valence-electron chi connectivity index (χ2n) is 9.79. The molecule has 0 radical (unpaired) electrons. The quantitative estimate of drug-likeness (QED) is 0.301. The summed E-state index contributed by atoms with van der Waals surface area (Å²) in [5.41, 5.74) is 5.58. The summed E-state index contributed by atoms with van der Waals surface area (Å²) in [4.78, 5) is 24.8. The van der Waals surface area contributed by atoms with Crippen LogP contribution in [0.3, 0.4) is 0 Å². The van der Waals surface area contributed by atoms with Gasteiger partial charge < -0.3 is 19.4 Å². The van der Waals surface area contributed by atoms with E-state index in [-0.39, 0.29) is 17.7 Å². The van der Waals surface area contributed by atoms with Crippen LogP contribution in [0.4, 0.5) is 11.0 Å². The molecule has 3 aromatic heterocycles. The Kier molecular flexibility index (Phi) is 6.83. The highest BCUT2D eigenvalue weighted by Gasteiger charge is 2.28. The van der Waals surface area contributed by atoms with Gasteiger partial charge >= 0.3 is 6.01 Å². The number of ketones is 1. The molecule has 4 heterocycles. The first-order valence-electron chi connectivity index (χ1n) is 13.5. The number of nitrogens with zero attached hydrogens (tertiary/aromatic N) is 5. The number of benzene rings is 2. The lowest BCUT2D eigenvalue weighted by molar-refractivity contribution is -0.118. The maximum atomic E-state index is 13.4. The van der Waals surface area contributed by atoms with Gasteiger partial charge in [-0.1, -0.05) is 71.0 Å². The second kappa shape index (κ2) is 11.1. The van der Waals surface area contributed by atoms with Gasteiger partial charge in [0, 0.05) is 37.5 Å². The van der Waals surface area contributed by atoms with Gasteiger partial charge in [-0.25, -0.2) is 4.98 Å².